The fourth-order valence-electron chi connectivity index (χ4n) is 1.91. The van der Waals surface area contributed by atoms with Gasteiger partial charge in [0.2, 0.25) is 0 Å². The molecule has 0 aliphatic heterocycles. The highest BCUT2D eigenvalue weighted by molar-refractivity contribution is 9.10. The van der Waals surface area contributed by atoms with Crippen molar-refractivity contribution in [3.05, 3.63) is 52.0 Å². The minimum absolute atomic E-state index is 0.707. The molecule has 0 amide bonds. The van der Waals surface area contributed by atoms with Crippen LogP contribution in [0.4, 0.5) is 11.4 Å². The van der Waals surface area contributed by atoms with Crippen LogP contribution in [0.5, 0.6) is 0 Å². The maximum atomic E-state index is 9.42. The summed E-state index contributed by atoms with van der Waals surface area (Å²) in [5.74, 6) is 0.952. The summed E-state index contributed by atoms with van der Waals surface area (Å²) in [5, 5.41) is 12.8. The zero-order valence-electron chi connectivity index (χ0n) is 11.4. The Bertz CT molecular complexity index is 662. The Hall–Kier alpha value is -1.44. The van der Waals surface area contributed by atoms with Crippen molar-refractivity contribution < 1.29 is 0 Å². The summed E-state index contributed by atoms with van der Waals surface area (Å²) in [6.07, 6.45) is 0. The molecule has 0 saturated carbocycles. The van der Waals surface area contributed by atoms with Gasteiger partial charge in [-0.05, 0) is 42.5 Å². The molecule has 102 valence electrons. The molecule has 0 unspecified atom stereocenters. The van der Waals surface area contributed by atoms with Gasteiger partial charge in [-0.2, -0.15) is 5.26 Å². The molecular formula is C16H15BrN2S. The van der Waals surface area contributed by atoms with Gasteiger partial charge in [-0.15, -0.1) is 11.8 Å². The number of hydrogen-bond donors (Lipinski definition) is 1. The fourth-order valence-corrected chi connectivity index (χ4v) is 3.07. The lowest BCUT2D eigenvalue weighted by atomic mass is 10.1. The van der Waals surface area contributed by atoms with E-state index in [1.54, 1.807) is 11.8 Å². The maximum absolute atomic E-state index is 9.42. The van der Waals surface area contributed by atoms with Gasteiger partial charge in [-0.3, -0.25) is 0 Å². The summed E-state index contributed by atoms with van der Waals surface area (Å²) in [7, 11) is 0. The number of thioether (sulfide) groups is 1. The van der Waals surface area contributed by atoms with Crippen LogP contribution in [0.1, 0.15) is 18.1 Å². The third kappa shape index (κ3) is 3.17. The summed E-state index contributed by atoms with van der Waals surface area (Å²) in [5.41, 5.74) is 3.70. The Kier molecular flexibility index (Phi) is 5.11. The molecule has 2 nitrogen and oxygen atoms in total. The highest BCUT2D eigenvalue weighted by Crippen LogP contribution is 2.32. The molecule has 0 fully saturated rings. The van der Waals surface area contributed by atoms with Gasteiger partial charge in [0.15, 0.2) is 0 Å². The fraction of sp³-hybridized carbons (Fsp3) is 0.188. The van der Waals surface area contributed by atoms with Crippen LogP contribution in [0.15, 0.2) is 45.8 Å². The molecule has 2 rings (SSSR count). The molecule has 2 aromatic carbocycles. The van der Waals surface area contributed by atoms with Gasteiger partial charge >= 0.3 is 0 Å². The molecule has 20 heavy (non-hydrogen) atoms. The first kappa shape index (κ1) is 15.0. The first-order valence-corrected chi connectivity index (χ1v) is 8.13. The van der Waals surface area contributed by atoms with Crippen molar-refractivity contribution >= 4 is 39.1 Å². The zero-order chi connectivity index (χ0) is 14.5. The van der Waals surface area contributed by atoms with Crippen molar-refractivity contribution in [1.82, 2.24) is 0 Å². The van der Waals surface area contributed by atoms with Crippen LogP contribution in [-0.4, -0.2) is 5.75 Å². The van der Waals surface area contributed by atoms with Crippen LogP contribution >= 0.6 is 27.7 Å². The number of benzene rings is 2. The van der Waals surface area contributed by atoms with Crippen molar-refractivity contribution in [3.8, 4) is 6.07 Å². The Morgan fingerprint density at radius 3 is 2.60 bits per heavy atom. The van der Waals surface area contributed by atoms with Crippen molar-refractivity contribution in [2.75, 3.05) is 11.1 Å². The molecule has 0 heterocycles. The molecule has 1 N–H and O–H groups in total. The van der Waals surface area contributed by atoms with Crippen molar-refractivity contribution in [2.24, 2.45) is 0 Å². The lowest BCUT2D eigenvalue weighted by molar-refractivity contribution is 1.33. The van der Waals surface area contributed by atoms with E-state index in [0.717, 1.165) is 32.1 Å². The Morgan fingerprint density at radius 2 is 1.90 bits per heavy atom. The van der Waals surface area contributed by atoms with Gasteiger partial charge in [-0.1, -0.05) is 35.0 Å². The van der Waals surface area contributed by atoms with E-state index in [2.05, 4.69) is 34.2 Å². The number of halogens is 1. The van der Waals surface area contributed by atoms with Crippen LogP contribution in [0.25, 0.3) is 0 Å². The summed E-state index contributed by atoms with van der Waals surface area (Å²) in [6, 6.07) is 14.2. The molecule has 0 aliphatic carbocycles. The molecule has 0 atom stereocenters. The number of anilines is 2. The summed E-state index contributed by atoms with van der Waals surface area (Å²) in [6.45, 7) is 4.13. The number of hydrogen-bond acceptors (Lipinski definition) is 3. The zero-order valence-corrected chi connectivity index (χ0v) is 13.8. The van der Waals surface area contributed by atoms with Crippen molar-refractivity contribution in [1.29, 1.82) is 5.26 Å². The second-order valence-corrected chi connectivity index (χ2v) is 6.42. The number of nitriles is 1. The third-order valence-electron chi connectivity index (χ3n) is 2.97. The van der Waals surface area contributed by atoms with E-state index in [9.17, 15) is 5.26 Å². The smallest absolute Gasteiger partial charge is 0.103 e. The van der Waals surface area contributed by atoms with E-state index in [4.69, 9.17) is 0 Å². The molecular weight excluding hydrogens is 332 g/mol. The maximum Gasteiger partial charge on any atom is 0.103 e. The minimum atomic E-state index is 0.707. The largest absolute Gasteiger partial charge is 0.354 e. The average molecular weight is 347 g/mol. The molecule has 0 aromatic heterocycles. The van der Waals surface area contributed by atoms with Gasteiger partial charge in [0, 0.05) is 15.1 Å². The molecule has 0 radical (unpaired) electrons. The lowest BCUT2D eigenvalue weighted by Crippen LogP contribution is -1.97. The van der Waals surface area contributed by atoms with E-state index in [1.807, 2.05) is 43.3 Å². The first-order valence-electron chi connectivity index (χ1n) is 6.35. The van der Waals surface area contributed by atoms with Crippen LogP contribution in [0.3, 0.4) is 0 Å². The predicted octanol–water partition coefficient (Wildman–Crippen LogP) is 5.48. The second-order valence-electron chi connectivity index (χ2n) is 4.26. The minimum Gasteiger partial charge on any atom is -0.354 e. The van der Waals surface area contributed by atoms with E-state index < -0.39 is 0 Å². The van der Waals surface area contributed by atoms with Crippen LogP contribution < -0.4 is 5.32 Å². The monoisotopic (exact) mass is 346 g/mol. The van der Waals surface area contributed by atoms with Gasteiger partial charge in [0.25, 0.3) is 0 Å². The van der Waals surface area contributed by atoms with E-state index >= 15 is 0 Å². The quantitative estimate of drug-likeness (QED) is 0.744. The van der Waals surface area contributed by atoms with Crippen molar-refractivity contribution in [2.45, 2.75) is 18.7 Å². The van der Waals surface area contributed by atoms with Crippen LogP contribution in [0.2, 0.25) is 0 Å². The SMILES string of the molecule is CCSc1cccc(Nc2cccc(Br)c2C)c1C#N. The van der Waals surface area contributed by atoms with Gasteiger partial charge < -0.3 is 5.32 Å². The van der Waals surface area contributed by atoms with Gasteiger partial charge in [0.05, 0.1) is 11.3 Å². The molecule has 0 aliphatic rings. The molecule has 4 heteroatoms. The highest BCUT2D eigenvalue weighted by atomic mass is 79.9. The summed E-state index contributed by atoms with van der Waals surface area (Å²) < 4.78 is 1.06. The second kappa shape index (κ2) is 6.83. The van der Waals surface area contributed by atoms with E-state index in [0.29, 0.717) is 5.56 Å². The van der Waals surface area contributed by atoms with Gasteiger partial charge in [0.1, 0.15) is 6.07 Å². The Morgan fingerprint density at radius 1 is 1.20 bits per heavy atom. The van der Waals surface area contributed by atoms with Crippen LogP contribution in [-0.2, 0) is 0 Å². The normalized spacial score (nSPS) is 10.1. The standard InChI is InChI=1S/C16H15BrN2S/c1-3-20-16-9-5-8-15(12(16)10-18)19-14-7-4-6-13(17)11(14)2/h4-9,19H,3H2,1-2H3. The van der Waals surface area contributed by atoms with E-state index in [1.165, 1.54) is 0 Å². The first-order chi connectivity index (χ1) is 9.67. The van der Waals surface area contributed by atoms with Gasteiger partial charge in [-0.25, -0.2) is 0 Å². The van der Waals surface area contributed by atoms with Crippen LogP contribution in [0, 0.1) is 18.3 Å². The molecule has 0 bridgehead atoms. The topological polar surface area (TPSA) is 35.8 Å². The van der Waals surface area contributed by atoms with E-state index in [-0.39, 0.29) is 0 Å². The highest BCUT2D eigenvalue weighted by Gasteiger charge is 2.09. The molecule has 2 aromatic rings. The number of nitrogens with zero attached hydrogens (tertiary/aromatic N) is 1. The number of nitrogens with one attached hydrogen (secondary N) is 1. The Labute approximate surface area is 132 Å². The molecule has 0 saturated heterocycles. The lowest BCUT2D eigenvalue weighted by Gasteiger charge is -2.13. The van der Waals surface area contributed by atoms with Crippen molar-refractivity contribution in [3.63, 3.8) is 0 Å². The average Bonchev–Trinajstić information content (AvgIpc) is 2.44. The number of rotatable bonds is 4. The third-order valence-corrected chi connectivity index (χ3v) is 4.77. The Balaban J connectivity index is 2.41. The molecule has 0 spiro atoms. The summed E-state index contributed by atoms with van der Waals surface area (Å²) >= 11 is 5.21. The summed E-state index contributed by atoms with van der Waals surface area (Å²) in [4.78, 5) is 1.02. The predicted molar refractivity (Wildman–Crippen MR) is 89.7 cm³/mol.